The number of rotatable bonds is 8. The van der Waals surface area contributed by atoms with E-state index >= 15 is 0 Å². The van der Waals surface area contributed by atoms with Crippen LogP contribution in [-0.2, 0) is 19.0 Å². The zero-order valence-electron chi connectivity index (χ0n) is 16.0. The highest BCUT2D eigenvalue weighted by atomic mass is 16.6. The maximum Gasteiger partial charge on any atom is 0.115 e. The van der Waals surface area contributed by atoms with Gasteiger partial charge in [0.15, 0.2) is 0 Å². The van der Waals surface area contributed by atoms with Gasteiger partial charge in [0.05, 0.1) is 37.5 Å². The smallest absolute Gasteiger partial charge is 0.115 e. The molecule has 0 unspecified atom stereocenters. The van der Waals surface area contributed by atoms with Gasteiger partial charge in [0.1, 0.15) is 42.7 Å². The van der Waals surface area contributed by atoms with Crippen LogP contribution in [0.4, 0.5) is 0 Å². The predicted molar refractivity (Wildman–Crippen MR) is 93.2 cm³/mol. The van der Waals surface area contributed by atoms with Gasteiger partial charge in [-0.15, -0.1) is 0 Å². The number of hydrogen-bond donors (Lipinski definition) is 6. The fourth-order valence-corrected chi connectivity index (χ4v) is 3.51. The quantitative estimate of drug-likeness (QED) is 0.208. The van der Waals surface area contributed by atoms with Gasteiger partial charge in [0.25, 0.3) is 0 Å². The van der Waals surface area contributed by atoms with Crippen molar-refractivity contribution in [1.29, 1.82) is 0 Å². The first-order valence-electron chi connectivity index (χ1n) is 9.45. The van der Waals surface area contributed by atoms with Gasteiger partial charge in [-0.2, -0.15) is 0 Å². The third kappa shape index (κ3) is 5.94. The number of ether oxygens (including phenoxy) is 3. The SMILES string of the molecule is C[C@@H]1O[C@@H](C/C=C/C[C@@H]2O[C@H](CO)[C@H](O)[C@H](OCC(=O)[O-])[C@H]2O)[C@@H](O)[C@H](O)[C@@H]1O. The molecule has 2 saturated heterocycles. The molecule has 2 heterocycles. The third-order valence-corrected chi connectivity index (χ3v) is 5.21. The van der Waals surface area contributed by atoms with Crippen molar-refractivity contribution in [2.75, 3.05) is 13.2 Å². The normalized spacial score (nSPS) is 43.6. The highest BCUT2D eigenvalue weighted by Gasteiger charge is 2.44. The Morgan fingerprint density at radius 2 is 1.45 bits per heavy atom. The molecule has 11 heteroatoms. The molecule has 2 rings (SSSR count). The summed E-state index contributed by atoms with van der Waals surface area (Å²) in [7, 11) is 0. The molecule has 10 atom stereocenters. The molecule has 0 aromatic rings. The molecule has 6 N–H and O–H groups in total. The lowest BCUT2D eigenvalue weighted by molar-refractivity contribution is -0.315. The number of aliphatic hydroxyl groups is 6. The number of hydrogen-bond acceptors (Lipinski definition) is 11. The van der Waals surface area contributed by atoms with Gasteiger partial charge in [-0.1, -0.05) is 12.2 Å². The van der Waals surface area contributed by atoms with Crippen LogP contribution in [0.25, 0.3) is 0 Å². The summed E-state index contributed by atoms with van der Waals surface area (Å²) in [6.07, 6.45) is -7.56. The first-order valence-corrected chi connectivity index (χ1v) is 9.45. The highest BCUT2D eigenvalue weighted by molar-refractivity contribution is 5.65. The molecule has 2 aliphatic rings. The molecular formula is C18H29O11-. The van der Waals surface area contributed by atoms with Gasteiger partial charge >= 0.3 is 0 Å². The van der Waals surface area contributed by atoms with Gasteiger partial charge in [-0.05, 0) is 19.8 Å². The van der Waals surface area contributed by atoms with E-state index in [2.05, 4.69) is 0 Å². The first kappa shape index (κ1) is 24.1. The van der Waals surface area contributed by atoms with E-state index in [-0.39, 0.29) is 12.8 Å². The Bertz CT molecular complexity index is 556. The van der Waals surface area contributed by atoms with Crippen LogP contribution < -0.4 is 5.11 Å². The standard InChI is InChI=1S/C18H30O11/c1-8-13(22)17(26)14(23)9(28-8)4-2-3-5-10-15(24)18(27-7-12(20)21)16(25)11(6-19)29-10/h2-3,8-11,13-19,22-26H,4-7H2,1H3,(H,20,21)/p-1/b3-2+/t8-,9-,10-,11+,13+,14+,15-,16-,17+,18+/m0/s1. The fourth-order valence-electron chi connectivity index (χ4n) is 3.51. The molecule has 0 bridgehead atoms. The van der Waals surface area contributed by atoms with Crippen LogP contribution in [0.3, 0.4) is 0 Å². The molecule has 0 saturated carbocycles. The van der Waals surface area contributed by atoms with Crippen LogP contribution in [0.15, 0.2) is 12.2 Å². The van der Waals surface area contributed by atoms with Crippen molar-refractivity contribution in [3.05, 3.63) is 12.2 Å². The van der Waals surface area contributed by atoms with Crippen molar-refractivity contribution in [3.63, 3.8) is 0 Å². The van der Waals surface area contributed by atoms with Crippen LogP contribution in [-0.4, -0.2) is 111 Å². The van der Waals surface area contributed by atoms with Crippen LogP contribution in [0.1, 0.15) is 19.8 Å². The zero-order chi connectivity index (χ0) is 21.7. The summed E-state index contributed by atoms with van der Waals surface area (Å²) in [5.41, 5.74) is 0. The Hall–Kier alpha value is -1.15. The Balaban J connectivity index is 1.93. The number of carboxylic acid groups (broad SMARTS) is 1. The van der Waals surface area contributed by atoms with Gasteiger partial charge in [0.2, 0.25) is 0 Å². The summed E-state index contributed by atoms with van der Waals surface area (Å²) in [6.45, 7) is 0.193. The van der Waals surface area contributed by atoms with E-state index in [1.54, 1.807) is 19.1 Å². The molecular weight excluding hydrogens is 392 g/mol. The summed E-state index contributed by atoms with van der Waals surface area (Å²) in [6, 6.07) is 0. The van der Waals surface area contributed by atoms with Gasteiger partial charge < -0.3 is 54.8 Å². The number of carbonyl (C=O) groups excluding carboxylic acids is 1. The van der Waals surface area contributed by atoms with E-state index in [1.165, 1.54) is 0 Å². The van der Waals surface area contributed by atoms with Crippen molar-refractivity contribution >= 4 is 5.97 Å². The number of aliphatic hydroxyl groups excluding tert-OH is 6. The van der Waals surface area contributed by atoms with Crippen molar-refractivity contribution in [2.24, 2.45) is 0 Å². The predicted octanol–water partition coefficient (Wildman–Crippen LogP) is -4.19. The van der Waals surface area contributed by atoms with E-state index in [9.17, 15) is 40.5 Å². The highest BCUT2D eigenvalue weighted by Crippen LogP contribution is 2.26. The van der Waals surface area contributed by atoms with Crippen LogP contribution in [0, 0.1) is 0 Å². The summed E-state index contributed by atoms with van der Waals surface area (Å²) in [5.74, 6) is -1.51. The lowest BCUT2D eigenvalue weighted by Crippen LogP contribution is -2.59. The lowest BCUT2D eigenvalue weighted by Gasteiger charge is -2.42. The van der Waals surface area contributed by atoms with E-state index in [0.29, 0.717) is 0 Å². The molecule has 11 nitrogen and oxygen atoms in total. The topological polar surface area (TPSA) is 189 Å². The molecule has 168 valence electrons. The Labute approximate surface area is 167 Å². The molecule has 0 aliphatic carbocycles. The van der Waals surface area contributed by atoms with Crippen molar-refractivity contribution in [2.45, 2.75) is 80.8 Å². The zero-order valence-corrected chi connectivity index (χ0v) is 16.0. The summed E-state index contributed by atoms with van der Waals surface area (Å²) in [4.78, 5) is 10.6. The molecule has 0 spiro atoms. The van der Waals surface area contributed by atoms with Gasteiger partial charge in [-0.3, -0.25) is 0 Å². The fraction of sp³-hybridized carbons (Fsp3) is 0.833. The Morgan fingerprint density at radius 1 is 0.897 bits per heavy atom. The van der Waals surface area contributed by atoms with Crippen molar-refractivity contribution < 1.29 is 54.8 Å². The van der Waals surface area contributed by atoms with Crippen molar-refractivity contribution in [1.82, 2.24) is 0 Å². The number of carbonyl (C=O) groups is 1. The molecule has 29 heavy (non-hydrogen) atoms. The minimum atomic E-state index is -1.51. The van der Waals surface area contributed by atoms with Crippen LogP contribution in [0.2, 0.25) is 0 Å². The summed E-state index contributed by atoms with van der Waals surface area (Å²) >= 11 is 0. The van der Waals surface area contributed by atoms with Crippen molar-refractivity contribution in [3.8, 4) is 0 Å². The minimum absolute atomic E-state index is 0.138. The molecule has 0 amide bonds. The largest absolute Gasteiger partial charge is 0.548 e. The second-order valence-electron chi connectivity index (χ2n) is 7.32. The van der Waals surface area contributed by atoms with E-state index in [1.807, 2.05) is 0 Å². The van der Waals surface area contributed by atoms with E-state index in [4.69, 9.17) is 14.2 Å². The van der Waals surface area contributed by atoms with Gasteiger partial charge in [0, 0.05) is 0 Å². The number of aliphatic carboxylic acids is 1. The minimum Gasteiger partial charge on any atom is -0.548 e. The maximum absolute atomic E-state index is 10.6. The van der Waals surface area contributed by atoms with E-state index in [0.717, 1.165) is 0 Å². The molecule has 0 aromatic carbocycles. The maximum atomic E-state index is 10.6. The summed E-state index contributed by atoms with van der Waals surface area (Å²) < 4.78 is 15.9. The summed E-state index contributed by atoms with van der Waals surface area (Å²) in [5, 5.41) is 69.9. The second kappa shape index (κ2) is 10.8. The average molecular weight is 421 g/mol. The number of carboxylic acids is 1. The van der Waals surface area contributed by atoms with Gasteiger partial charge in [-0.25, -0.2) is 0 Å². The molecule has 2 aliphatic heterocycles. The third-order valence-electron chi connectivity index (χ3n) is 5.21. The Morgan fingerprint density at radius 3 is 2.00 bits per heavy atom. The average Bonchev–Trinajstić information content (AvgIpc) is 2.68. The Kier molecular flexibility index (Phi) is 8.94. The van der Waals surface area contributed by atoms with Crippen LogP contribution in [0.5, 0.6) is 0 Å². The molecule has 2 fully saturated rings. The lowest BCUT2D eigenvalue weighted by atomic mass is 9.92. The monoisotopic (exact) mass is 421 g/mol. The molecule has 0 radical (unpaired) electrons. The molecule has 0 aromatic heterocycles. The first-order chi connectivity index (χ1) is 13.7. The second-order valence-corrected chi connectivity index (χ2v) is 7.32. The van der Waals surface area contributed by atoms with Crippen LogP contribution >= 0.6 is 0 Å². The van der Waals surface area contributed by atoms with E-state index < -0.39 is 80.2 Å².